The summed E-state index contributed by atoms with van der Waals surface area (Å²) < 4.78 is 4.87. The van der Waals surface area contributed by atoms with Gasteiger partial charge in [0.1, 0.15) is 0 Å². The van der Waals surface area contributed by atoms with E-state index >= 15 is 0 Å². The Kier molecular flexibility index (Phi) is 4.19. The van der Waals surface area contributed by atoms with Gasteiger partial charge in [-0.2, -0.15) is 4.98 Å². The van der Waals surface area contributed by atoms with Gasteiger partial charge in [-0.25, -0.2) is 0 Å². The molecule has 1 aromatic heterocycles. The van der Waals surface area contributed by atoms with E-state index in [4.69, 9.17) is 4.52 Å². The molecule has 2 rings (SSSR count). The molecule has 2 heterocycles. The first-order valence-corrected chi connectivity index (χ1v) is 6.83. The van der Waals surface area contributed by atoms with Crippen LogP contribution in [0.25, 0.3) is 0 Å². The number of hydrogen-bond donors (Lipinski definition) is 1. The van der Waals surface area contributed by atoms with Crippen LogP contribution in [0.4, 0.5) is 0 Å². The van der Waals surface area contributed by atoms with E-state index in [-0.39, 0.29) is 11.9 Å². The van der Waals surface area contributed by atoms with Crippen molar-refractivity contribution < 1.29 is 9.32 Å². The summed E-state index contributed by atoms with van der Waals surface area (Å²) in [4.78, 5) is 18.5. The van der Waals surface area contributed by atoms with Gasteiger partial charge in [-0.3, -0.25) is 9.69 Å². The maximum absolute atomic E-state index is 12.2. The van der Waals surface area contributed by atoms with E-state index in [2.05, 4.69) is 34.2 Å². The monoisotopic (exact) mass is 266 g/mol. The van der Waals surface area contributed by atoms with Gasteiger partial charge in [0.05, 0.1) is 12.6 Å². The summed E-state index contributed by atoms with van der Waals surface area (Å²) in [6, 6.07) is 0.798. The standard InChI is InChI=1S/C13H22N4O2/c1-8-5-6-9(2)17(8)10(3)13(18)14-7-12-15-11(4)19-16-12/h8-10H,5-7H2,1-4H3,(H,14,18). The first kappa shape index (κ1) is 14.0. The molecule has 0 aliphatic carbocycles. The normalized spacial score (nSPS) is 25.5. The smallest absolute Gasteiger partial charge is 0.237 e. The van der Waals surface area contributed by atoms with E-state index in [9.17, 15) is 4.79 Å². The largest absolute Gasteiger partial charge is 0.347 e. The lowest BCUT2D eigenvalue weighted by atomic mass is 10.2. The fourth-order valence-electron chi connectivity index (χ4n) is 2.84. The van der Waals surface area contributed by atoms with Crippen LogP contribution in [0.15, 0.2) is 4.52 Å². The van der Waals surface area contributed by atoms with Crippen LogP contribution in [0.1, 0.15) is 45.3 Å². The zero-order chi connectivity index (χ0) is 14.0. The number of carbonyl (C=O) groups is 1. The van der Waals surface area contributed by atoms with Crippen LogP contribution < -0.4 is 5.32 Å². The summed E-state index contributed by atoms with van der Waals surface area (Å²) >= 11 is 0. The molecular formula is C13H22N4O2. The van der Waals surface area contributed by atoms with Crippen molar-refractivity contribution in [3.8, 4) is 0 Å². The van der Waals surface area contributed by atoms with E-state index < -0.39 is 0 Å². The first-order valence-electron chi connectivity index (χ1n) is 6.83. The number of nitrogens with zero attached hydrogens (tertiary/aromatic N) is 3. The molecule has 0 spiro atoms. The maximum Gasteiger partial charge on any atom is 0.237 e. The molecule has 6 nitrogen and oxygen atoms in total. The minimum atomic E-state index is -0.125. The highest BCUT2D eigenvalue weighted by molar-refractivity contribution is 5.81. The zero-order valence-electron chi connectivity index (χ0n) is 12.0. The second-order valence-corrected chi connectivity index (χ2v) is 5.35. The van der Waals surface area contributed by atoms with Crippen molar-refractivity contribution in [3.63, 3.8) is 0 Å². The van der Waals surface area contributed by atoms with Gasteiger partial charge in [0.25, 0.3) is 0 Å². The Morgan fingerprint density at radius 1 is 1.47 bits per heavy atom. The highest BCUT2D eigenvalue weighted by atomic mass is 16.5. The lowest BCUT2D eigenvalue weighted by Crippen LogP contribution is -2.49. The van der Waals surface area contributed by atoms with Gasteiger partial charge in [0.15, 0.2) is 5.82 Å². The van der Waals surface area contributed by atoms with Crippen molar-refractivity contribution in [2.45, 2.75) is 65.2 Å². The van der Waals surface area contributed by atoms with Crippen molar-refractivity contribution in [1.82, 2.24) is 20.4 Å². The summed E-state index contributed by atoms with van der Waals surface area (Å²) in [6.45, 7) is 8.35. The van der Waals surface area contributed by atoms with Crippen LogP contribution in [0, 0.1) is 6.92 Å². The Bertz CT molecular complexity index is 436. The maximum atomic E-state index is 12.2. The van der Waals surface area contributed by atoms with E-state index in [0.29, 0.717) is 30.3 Å². The van der Waals surface area contributed by atoms with Crippen molar-refractivity contribution in [2.75, 3.05) is 0 Å². The number of amides is 1. The number of likely N-dealkylation sites (tertiary alicyclic amines) is 1. The fraction of sp³-hybridized carbons (Fsp3) is 0.769. The molecule has 0 saturated carbocycles. The van der Waals surface area contributed by atoms with E-state index in [1.165, 1.54) is 0 Å². The number of hydrogen-bond acceptors (Lipinski definition) is 5. The van der Waals surface area contributed by atoms with Crippen LogP contribution in [-0.2, 0) is 11.3 Å². The van der Waals surface area contributed by atoms with Crippen LogP contribution in [0.3, 0.4) is 0 Å². The number of nitrogens with one attached hydrogen (secondary N) is 1. The average Bonchev–Trinajstić information content (AvgIpc) is 2.92. The summed E-state index contributed by atoms with van der Waals surface area (Å²) in [5.41, 5.74) is 0. The molecule has 1 N–H and O–H groups in total. The number of aryl methyl sites for hydroxylation is 1. The van der Waals surface area contributed by atoms with Gasteiger partial charge >= 0.3 is 0 Å². The predicted molar refractivity (Wildman–Crippen MR) is 70.3 cm³/mol. The minimum absolute atomic E-state index is 0.0167. The third-order valence-corrected chi connectivity index (χ3v) is 3.84. The lowest BCUT2D eigenvalue weighted by Gasteiger charge is -2.31. The number of aromatic nitrogens is 2. The summed E-state index contributed by atoms with van der Waals surface area (Å²) in [6.07, 6.45) is 2.31. The van der Waals surface area contributed by atoms with Crippen LogP contribution in [0.2, 0.25) is 0 Å². The van der Waals surface area contributed by atoms with Gasteiger partial charge in [0, 0.05) is 19.0 Å². The molecular weight excluding hydrogens is 244 g/mol. The molecule has 106 valence electrons. The molecule has 1 saturated heterocycles. The molecule has 19 heavy (non-hydrogen) atoms. The Morgan fingerprint density at radius 2 is 2.11 bits per heavy atom. The minimum Gasteiger partial charge on any atom is -0.347 e. The van der Waals surface area contributed by atoms with Crippen LogP contribution in [-0.4, -0.2) is 39.1 Å². The second kappa shape index (κ2) is 5.69. The molecule has 0 radical (unpaired) electrons. The Labute approximate surface area is 113 Å². The summed E-state index contributed by atoms with van der Waals surface area (Å²) in [5, 5.41) is 6.62. The van der Waals surface area contributed by atoms with Crippen molar-refractivity contribution in [2.24, 2.45) is 0 Å². The topological polar surface area (TPSA) is 71.3 Å². The van der Waals surface area contributed by atoms with Gasteiger partial charge < -0.3 is 9.84 Å². The fourth-order valence-corrected chi connectivity index (χ4v) is 2.84. The predicted octanol–water partition coefficient (Wildman–Crippen LogP) is 1.26. The van der Waals surface area contributed by atoms with Crippen molar-refractivity contribution >= 4 is 5.91 Å². The number of carbonyl (C=O) groups excluding carboxylic acids is 1. The highest BCUT2D eigenvalue weighted by Crippen LogP contribution is 2.25. The molecule has 1 fully saturated rings. The molecule has 6 heteroatoms. The number of rotatable bonds is 4. The molecule has 0 bridgehead atoms. The van der Waals surface area contributed by atoms with Gasteiger partial charge in [0.2, 0.25) is 11.8 Å². The molecule has 1 aliphatic rings. The zero-order valence-corrected chi connectivity index (χ0v) is 12.0. The van der Waals surface area contributed by atoms with Crippen LogP contribution in [0.5, 0.6) is 0 Å². The molecule has 3 atom stereocenters. The van der Waals surface area contributed by atoms with Gasteiger partial charge in [-0.15, -0.1) is 0 Å². The molecule has 1 aromatic rings. The van der Waals surface area contributed by atoms with Crippen molar-refractivity contribution in [3.05, 3.63) is 11.7 Å². The van der Waals surface area contributed by atoms with Crippen molar-refractivity contribution in [1.29, 1.82) is 0 Å². The molecule has 1 amide bonds. The Balaban J connectivity index is 1.88. The lowest BCUT2D eigenvalue weighted by molar-refractivity contribution is -0.127. The van der Waals surface area contributed by atoms with Gasteiger partial charge in [-0.05, 0) is 33.6 Å². The van der Waals surface area contributed by atoms with E-state index in [1.54, 1.807) is 6.92 Å². The van der Waals surface area contributed by atoms with E-state index in [0.717, 1.165) is 12.8 Å². The third kappa shape index (κ3) is 3.12. The Hall–Kier alpha value is -1.43. The first-order chi connectivity index (χ1) is 8.99. The average molecular weight is 266 g/mol. The quantitative estimate of drug-likeness (QED) is 0.888. The molecule has 1 aliphatic heterocycles. The summed E-state index contributed by atoms with van der Waals surface area (Å²) in [7, 11) is 0. The second-order valence-electron chi connectivity index (χ2n) is 5.35. The van der Waals surface area contributed by atoms with E-state index in [1.807, 2.05) is 6.92 Å². The molecule has 0 aromatic carbocycles. The highest BCUT2D eigenvalue weighted by Gasteiger charge is 2.34. The SMILES string of the molecule is Cc1nc(CNC(=O)C(C)N2C(C)CCC2C)no1. The van der Waals surface area contributed by atoms with Gasteiger partial charge in [-0.1, -0.05) is 5.16 Å². The Morgan fingerprint density at radius 3 is 2.63 bits per heavy atom. The summed E-state index contributed by atoms with van der Waals surface area (Å²) in [5.74, 6) is 1.04. The third-order valence-electron chi connectivity index (χ3n) is 3.84. The molecule has 3 unspecified atom stereocenters. The van der Waals surface area contributed by atoms with Crippen LogP contribution >= 0.6 is 0 Å².